The lowest BCUT2D eigenvalue weighted by molar-refractivity contribution is -0.556. The molecule has 28 heavy (non-hydrogen) atoms. The number of halogens is 3. The van der Waals surface area contributed by atoms with Gasteiger partial charge >= 0.3 is 5.65 Å². The molecule has 1 N–H and O–H groups in total. The van der Waals surface area contributed by atoms with Crippen LogP contribution in [-0.2, 0) is 0 Å². The minimum absolute atomic E-state index is 0.303. The summed E-state index contributed by atoms with van der Waals surface area (Å²) >= 11 is 12.3. The van der Waals surface area contributed by atoms with Crippen molar-refractivity contribution < 1.29 is 8.96 Å². The minimum Gasteiger partial charge on any atom is -0.251 e. The zero-order valence-electron chi connectivity index (χ0n) is 14.3. The predicted octanol–water partition coefficient (Wildman–Crippen LogP) is 5.50. The molecule has 0 atom stereocenters. The summed E-state index contributed by atoms with van der Waals surface area (Å²) in [5.41, 5.74) is 4.36. The third kappa shape index (κ3) is 2.80. The van der Waals surface area contributed by atoms with E-state index in [0.717, 1.165) is 22.3 Å². The number of benzene rings is 3. The molecule has 0 aliphatic rings. The number of fused-ring (bicyclic) bond motifs is 2. The van der Waals surface area contributed by atoms with E-state index in [2.05, 4.69) is 4.98 Å². The van der Waals surface area contributed by atoms with Gasteiger partial charge in [0.1, 0.15) is 17.0 Å². The van der Waals surface area contributed by atoms with Crippen molar-refractivity contribution in [2.45, 2.75) is 0 Å². The molecule has 0 aliphatic carbocycles. The lowest BCUT2D eigenvalue weighted by Gasteiger charge is -2.05. The fraction of sp³-hybridized carbons (Fsp3) is 0. The highest BCUT2D eigenvalue weighted by molar-refractivity contribution is 6.42. The summed E-state index contributed by atoms with van der Waals surface area (Å²) in [5, 5.41) is 0.894. The SMILES string of the molecule is Fc1ccc(-c2[nH]c3nc4ccccc4nc3[n+]2-c2ccc(Cl)c(Cl)c2)cc1. The lowest BCUT2D eigenvalue weighted by Crippen LogP contribution is -2.32. The van der Waals surface area contributed by atoms with E-state index in [1.54, 1.807) is 24.3 Å². The highest BCUT2D eigenvalue weighted by Gasteiger charge is 2.24. The number of hydrogen-bond donors (Lipinski definition) is 1. The van der Waals surface area contributed by atoms with Crippen molar-refractivity contribution in [3.8, 4) is 17.1 Å². The fourth-order valence-electron chi connectivity index (χ4n) is 3.19. The zero-order valence-corrected chi connectivity index (χ0v) is 15.8. The van der Waals surface area contributed by atoms with Gasteiger partial charge in [-0.05, 0) is 54.6 Å². The van der Waals surface area contributed by atoms with Gasteiger partial charge in [-0.1, -0.05) is 40.3 Å². The van der Waals surface area contributed by atoms with E-state index in [4.69, 9.17) is 33.2 Å². The molecule has 0 unspecified atom stereocenters. The topological polar surface area (TPSA) is 45.5 Å². The quantitative estimate of drug-likeness (QED) is 0.391. The lowest BCUT2D eigenvalue weighted by atomic mass is 10.2. The summed E-state index contributed by atoms with van der Waals surface area (Å²) < 4.78 is 15.4. The summed E-state index contributed by atoms with van der Waals surface area (Å²) in [6, 6.07) is 19.2. The number of rotatable bonds is 2. The van der Waals surface area contributed by atoms with Gasteiger partial charge < -0.3 is 0 Å². The molecule has 2 heterocycles. The maximum atomic E-state index is 13.4. The Bertz CT molecular complexity index is 1350. The van der Waals surface area contributed by atoms with Crippen LogP contribution in [0.4, 0.5) is 4.39 Å². The molecule has 0 saturated carbocycles. The van der Waals surface area contributed by atoms with Crippen molar-refractivity contribution >= 4 is 45.5 Å². The Morgan fingerprint density at radius 3 is 2.25 bits per heavy atom. The zero-order chi connectivity index (χ0) is 19.3. The molecule has 7 heteroatoms. The van der Waals surface area contributed by atoms with Gasteiger partial charge in [0, 0.05) is 5.56 Å². The fourth-order valence-corrected chi connectivity index (χ4v) is 3.48. The highest BCUT2D eigenvalue weighted by Crippen LogP contribution is 2.26. The molecule has 3 aromatic carbocycles. The van der Waals surface area contributed by atoms with Crippen LogP contribution in [0.5, 0.6) is 0 Å². The molecular weight excluding hydrogens is 398 g/mol. The molecule has 2 aromatic heterocycles. The van der Waals surface area contributed by atoms with E-state index in [9.17, 15) is 4.39 Å². The molecule has 0 saturated heterocycles. The molecule has 0 radical (unpaired) electrons. The number of aromatic nitrogens is 4. The summed E-state index contributed by atoms with van der Waals surface area (Å²) in [6.07, 6.45) is 0. The molecule has 0 spiro atoms. The van der Waals surface area contributed by atoms with Crippen LogP contribution in [0.1, 0.15) is 0 Å². The highest BCUT2D eigenvalue weighted by atomic mass is 35.5. The normalized spacial score (nSPS) is 11.4. The summed E-state index contributed by atoms with van der Waals surface area (Å²) in [4.78, 5) is 12.8. The standard InChI is InChI=1S/C21H11Cl2FN4/c22-15-10-9-14(11-16(15)23)28-20(12-5-7-13(24)8-6-12)27-19-21(28)26-18-4-2-1-3-17(18)25-19/h1-11H/p+1. The number of H-pyrrole nitrogens is 1. The van der Waals surface area contributed by atoms with Gasteiger partial charge in [-0.3, -0.25) is 4.98 Å². The Morgan fingerprint density at radius 1 is 0.821 bits per heavy atom. The third-order valence-corrected chi connectivity index (χ3v) is 5.24. The molecule has 5 aromatic rings. The van der Waals surface area contributed by atoms with E-state index < -0.39 is 0 Å². The van der Waals surface area contributed by atoms with Crippen molar-refractivity contribution in [1.29, 1.82) is 0 Å². The number of aromatic amines is 1. The molecule has 136 valence electrons. The molecule has 4 nitrogen and oxygen atoms in total. The Balaban J connectivity index is 1.87. The van der Waals surface area contributed by atoms with E-state index >= 15 is 0 Å². The first-order chi connectivity index (χ1) is 13.6. The largest absolute Gasteiger partial charge is 0.328 e. The predicted molar refractivity (Wildman–Crippen MR) is 108 cm³/mol. The van der Waals surface area contributed by atoms with E-state index in [0.29, 0.717) is 27.2 Å². The van der Waals surface area contributed by atoms with Gasteiger partial charge in [-0.2, -0.15) is 4.57 Å². The molecule has 0 fully saturated rings. The maximum Gasteiger partial charge on any atom is 0.328 e. The maximum absolute atomic E-state index is 13.4. The van der Waals surface area contributed by atoms with Crippen molar-refractivity contribution in [3.63, 3.8) is 0 Å². The average molecular weight is 410 g/mol. The summed E-state index contributed by atoms with van der Waals surface area (Å²) in [6.45, 7) is 0. The summed E-state index contributed by atoms with van der Waals surface area (Å²) in [5.74, 6) is 0.409. The van der Waals surface area contributed by atoms with Gasteiger partial charge in [0.05, 0.1) is 10.0 Å². The second-order valence-electron chi connectivity index (χ2n) is 6.30. The number of hydrogen-bond acceptors (Lipinski definition) is 2. The molecule has 0 amide bonds. The Hall–Kier alpha value is -3.02. The van der Waals surface area contributed by atoms with Crippen molar-refractivity contribution in [3.05, 3.63) is 82.6 Å². The first-order valence-corrected chi connectivity index (χ1v) is 9.27. The molecule has 0 aliphatic heterocycles. The first-order valence-electron chi connectivity index (χ1n) is 8.52. The van der Waals surface area contributed by atoms with Crippen molar-refractivity contribution in [2.24, 2.45) is 0 Å². The molecular formula is C21H12Cl2FN4+. The van der Waals surface area contributed by atoms with Crippen LogP contribution in [0.2, 0.25) is 10.0 Å². The smallest absolute Gasteiger partial charge is 0.251 e. The van der Waals surface area contributed by atoms with Crippen LogP contribution in [0.3, 0.4) is 0 Å². The van der Waals surface area contributed by atoms with Crippen LogP contribution in [0.15, 0.2) is 66.7 Å². The van der Waals surface area contributed by atoms with E-state index in [1.165, 1.54) is 12.1 Å². The Morgan fingerprint density at radius 2 is 1.54 bits per heavy atom. The summed E-state index contributed by atoms with van der Waals surface area (Å²) in [7, 11) is 0. The van der Waals surface area contributed by atoms with Gasteiger partial charge in [0.25, 0.3) is 5.65 Å². The number of nitrogens with one attached hydrogen (secondary N) is 1. The van der Waals surface area contributed by atoms with Crippen LogP contribution in [0.25, 0.3) is 39.4 Å². The van der Waals surface area contributed by atoms with Crippen LogP contribution in [-0.4, -0.2) is 15.0 Å². The first kappa shape index (κ1) is 17.1. The van der Waals surface area contributed by atoms with E-state index in [1.807, 2.05) is 34.9 Å². The minimum atomic E-state index is -0.303. The second-order valence-corrected chi connectivity index (χ2v) is 7.11. The number of nitrogens with zero attached hydrogens (tertiary/aromatic N) is 3. The van der Waals surface area contributed by atoms with Crippen LogP contribution < -0.4 is 4.57 Å². The van der Waals surface area contributed by atoms with Gasteiger partial charge in [-0.15, -0.1) is 0 Å². The second kappa shape index (κ2) is 6.55. The van der Waals surface area contributed by atoms with Crippen LogP contribution in [0, 0.1) is 5.82 Å². The van der Waals surface area contributed by atoms with Gasteiger partial charge in [0.15, 0.2) is 5.52 Å². The van der Waals surface area contributed by atoms with Gasteiger partial charge in [0.2, 0.25) is 5.82 Å². The molecule has 5 rings (SSSR count). The van der Waals surface area contributed by atoms with Crippen LogP contribution >= 0.6 is 23.2 Å². The Labute approximate surface area is 169 Å². The number of para-hydroxylation sites is 2. The Kier molecular flexibility index (Phi) is 4.00. The monoisotopic (exact) mass is 409 g/mol. The average Bonchev–Trinajstić information content (AvgIpc) is 3.07. The number of imidazole rings is 1. The third-order valence-electron chi connectivity index (χ3n) is 4.50. The molecule has 0 bridgehead atoms. The van der Waals surface area contributed by atoms with Gasteiger partial charge in [-0.25, -0.2) is 9.37 Å². The van der Waals surface area contributed by atoms with E-state index in [-0.39, 0.29) is 5.82 Å². The van der Waals surface area contributed by atoms with Crippen molar-refractivity contribution in [2.75, 3.05) is 0 Å². The van der Waals surface area contributed by atoms with Crippen molar-refractivity contribution in [1.82, 2.24) is 15.0 Å².